The van der Waals surface area contributed by atoms with Crippen molar-refractivity contribution < 1.29 is 14.6 Å². The van der Waals surface area contributed by atoms with Crippen molar-refractivity contribution in [3.63, 3.8) is 0 Å². The molecule has 0 bridgehead atoms. The Bertz CT molecular complexity index is 727. The molecule has 2 aromatic rings. The zero-order valence-electron chi connectivity index (χ0n) is 13.9. The van der Waals surface area contributed by atoms with Crippen LogP contribution in [-0.2, 0) is 4.79 Å². The summed E-state index contributed by atoms with van der Waals surface area (Å²) < 4.78 is 7.16. The minimum atomic E-state index is -0.522. The molecule has 0 spiro atoms. The molecule has 2 heterocycles. The van der Waals surface area contributed by atoms with Crippen molar-refractivity contribution in [2.45, 2.75) is 31.3 Å². The van der Waals surface area contributed by atoms with Gasteiger partial charge in [0, 0.05) is 19.0 Å². The number of aromatic nitrogens is 4. The Labute approximate surface area is 145 Å². The molecule has 25 heavy (non-hydrogen) atoms. The molecule has 2 fully saturated rings. The molecule has 1 aliphatic carbocycles. The number of hydrogen-bond acceptors (Lipinski definition) is 6. The molecule has 132 valence electrons. The van der Waals surface area contributed by atoms with Gasteiger partial charge in [0.1, 0.15) is 12.1 Å². The average Bonchev–Trinajstić information content (AvgIpc) is 3.18. The Morgan fingerprint density at radius 3 is 2.80 bits per heavy atom. The predicted octanol–water partition coefficient (Wildman–Crippen LogP) is 0.805. The van der Waals surface area contributed by atoms with Gasteiger partial charge in [-0.1, -0.05) is 0 Å². The molecule has 1 unspecified atom stereocenters. The fourth-order valence-corrected chi connectivity index (χ4v) is 3.39. The predicted molar refractivity (Wildman–Crippen MR) is 88.1 cm³/mol. The number of carbonyl (C=O) groups is 1. The van der Waals surface area contributed by atoms with E-state index in [-0.39, 0.29) is 18.4 Å². The van der Waals surface area contributed by atoms with Crippen LogP contribution in [0.1, 0.15) is 25.7 Å². The topological polar surface area (TPSA) is 93.4 Å². The molecule has 2 aliphatic rings. The van der Waals surface area contributed by atoms with Gasteiger partial charge in [-0.05, 0) is 60.4 Å². The monoisotopic (exact) mass is 343 g/mol. The zero-order chi connectivity index (χ0) is 17.3. The first-order valence-corrected chi connectivity index (χ1v) is 8.60. The van der Waals surface area contributed by atoms with Gasteiger partial charge in [0.25, 0.3) is 5.91 Å². The number of nitrogens with zero attached hydrogens (tertiary/aromatic N) is 5. The summed E-state index contributed by atoms with van der Waals surface area (Å²) in [5.74, 6) is 0.804. The number of carbonyl (C=O) groups excluding carboxylic acids is 1. The van der Waals surface area contributed by atoms with E-state index < -0.39 is 5.60 Å². The van der Waals surface area contributed by atoms with E-state index in [1.165, 1.54) is 6.33 Å². The largest absolute Gasteiger partial charge is 0.484 e. The van der Waals surface area contributed by atoms with Crippen molar-refractivity contribution in [3.8, 4) is 11.4 Å². The molecule has 8 nitrogen and oxygen atoms in total. The first-order chi connectivity index (χ1) is 12.1. The van der Waals surface area contributed by atoms with Crippen LogP contribution in [0.5, 0.6) is 5.75 Å². The van der Waals surface area contributed by atoms with Gasteiger partial charge in [-0.3, -0.25) is 4.79 Å². The van der Waals surface area contributed by atoms with E-state index in [1.54, 1.807) is 16.8 Å². The standard InChI is InChI=1S/C17H21N5O3/c23-16(21-9-1-2-13(10-21)17(24)7-8-17)11-25-15-5-3-14(4-6-15)22-12-18-19-20-22/h3-6,12-13,24H,1-2,7-11H2. The lowest BCUT2D eigenvalue weighted by atomic mass is 9.90. The lowest BCUT2D eigenvalue weighted by molar-refractivity contribution is -0.136. The minimum Gasteiger partial charge on any atom is -0.484 e. The molecule has 0 radical (unpaired) electrons. The summed E-state index contributed by atoms with van der Waals surface area (Å²) in [5, 5.41) is 21.3. The van der Waals surface area contributed by atoms with Crippen LogP contribution in [-0.4, -0.2) is 61.4 Å². The SMILES string of the molecule is O=C(COc1ccc(-n2cnnn2)cc1)N1CCCC(C2(O)CC2)C1. The Morgan fingerprint density at radius 2 is 2.12 bits per heavy atom. The summed E-state index contributed by atoms with van der Waals surface area (Å²) in [6, 6.07) is 7.23. The van der Waals surface area contributed by atoms with Gasteiger partial charge in [-0.15, -0.1) is 5.10 Å². The molecule has 1 saturated heterocycles. The number of amides is 1. The zero-order valence-corrected chi connectivity index (χ0v) is 13.9. The van der Waals surface area contributed by atoms with E-state index in [0.717, 1.165) is 37.9 Å². The maximum Gasteiger partial charge on any atom is 0.260 e. The van der Waals surface area contributed by atoms with E-state index in [2.05, 4.69) is 15.5 Å². The third-order valence-corrected chi connectivity index (χ3v) is 5.11. The van der Waals surface area contributed by atoms with E-state index in [4.69, 9.17) is 4.74 Å². The van der Waals surface area contributed by atoms with E-state index in [9.17, 15) is 9.90 Å². The molecule has 1 saturated carbocycles. The van der Waals surface area contributed by atoms with Crippen molar-refractivity contribution in [2.24, 2.45) is 5.92 Å². The van der Waals surface area contributed by atoms with Crippen molar-refractivity contribution >= 4 is 5.91 Å². The summed E-state index contributed by atoms with van der Waals surface area (Å²) in [4.78, 5) is 14.2. The molecular formula is C17H21N5O3. The van der Waals surface area contributed by atoms with Gasteiger partial charge in [0.05, 0.1) is 11.3 Å². The molecule has 1 aromatic heterocycles. The second-order valence-corrected chi connectivity index (χ2v) is 6.82. The van der Waals surface area contributed by atoms with Crippen molar-refractivity contribution in [2.75, 3.05) is 19.7 Å². The van der Waals surface area contributed by atoms with Gasteiger partial charge in [0.2, 0.25) is 0 Å². The van der Waals surface area contributed by atoms with Crippen LogP contribution in [0.3, 0.4) is 0 Å². The highest BCUT2D eigenvalue weighted by atomic mass is 16.5. The van der Waals surface area contributed by atoms with E-state index in [0.29, 0.717) is 12.3 Å². The number of ether oxygens (including phenoxy) is 1. The fourth-order valence-electron chi connectivity index (χ4n) is 3.39. The maximum absolute atomic E-state index is 12.4. The Hall–Kier alpha value is -2.48. The molecule has 1 atom stereocenters. The van der Waals surface area contributed by atoms with Crippen LogP contribution < -0.4 is 4.74 Å². The van der Waals surface area contributed by atoms with Crippen LogP contribution in [0.2, 0.25) is 0 Å². The second-order valence-electron chi connectivity index (χ2n) is 6.82. The summed E-state index contributed by atoms with van der Waals surface area (Å²) in [6.45, 7) is 1.39. The Morgan fingerprint density at radius 1 is 1.32 bits per heavy atom. The average molecular weight is 343 g/mol. The number of rotatable bonds is 5. The summed E-state index contributed by atoms with van der Waals surface area (Å²) >= 11 is 0. The number of tetrazole rings is 1. The highest BCUT2D eigenvalue weighted by Crippen LogP contribution is 2.45. The van der Waals surface area contributed by atoms with Crippen LogP contribution in [0.4, 0.5) is 0 Å². The third kappa shape index (κ3) is 3.48. The molecule has 8 heteroatoms. The van der Waals surface area contributed by atoms with Crippen molar-refractivity contribution in [3.05, 3.63) is 30.6 Å². The number of piperidine rings is 1. The van der Waals surface area contributed by atoms with Gasteiger partial charge in [-0.25, -0.2) is 4.68 Å². The highest BCUT2D eigenvalue weighted by molar-refractivity contribution is 5.77. The van der Waals surface area contributed by atoms with Crippen molar-refractivity contribution in [1.29, 1.82) is 0 Å². The van der Waals surface area contributed by atoms with E-state index in [1.807, 2.05) is 17.0 Å². The highest BCUT2D eigenvalue weighted by Gasteiger charge is 2.49. The Balaban J connectivity index is 1.31. The maximum atomic E-state index is 12.4. The summed E-state index contributed by atoms with van der Waals surface area (Å²) in [7, 11) is 0. The Kier molecular flexibility index (Phi) is 4.12. The van der Waals surface area contributed by atoms with Crippen LogP contribution >= 0.6 is 0 Å². The lowest BCUT2D eigenvalue weighted by Crippen LogP contribution is -2.45. The number of hydrogen-bond donors (Lipinski definition) is 1. The van der Waals surface area contributed by atoms with Crippen LogP contribution in [0.25, 0.3) is 5.69 Å². The van der Waals surface area contributed by atoms with Gasteiger partial charge in [-0.2, -0.15) is 0 Å². The first-order valence-electron chi connectivity index (χ1n) is 8.60. The number of likely N-dealkylation sites (tertiary alicyclic amines) is 1. The molecule has 1 amide bonds. The first kappa shape index (κ1) is 16.0. The van der Waals surface area contributed by atoms with Gasteiger partial charge < -0.3 is 14.7 Å². The third-order valence-electron chi connectivity index (χ3n) is 5.11. The molecule has 1 N–H and O–H groups in total. The smallest absolute Gasteiger partial charge is 0.260 e. The number of aliphatic hydroxyl groups is 1. The molecule has 4 rings (SSSR count). The summed E-state index contributed by atoms with van der Waals surface area (Å²) in [5.41, 5.74) is 0.298. The number of benzene rings is 1. The second kappa shape index (κ2) is 6.44. The summed E-state index contributed by atoms with van der Waals surface area (Å²) in [6.07, 6.45) is 5.19. The van der Waals surface area contributed by atoms with E-state index >= 15 is 0 Å². The van der Waals surface area contributed by atoms with Crippen LogP contribution in [0.15, 0.2) is 30.6 Å². The lowest BCUT2D eigenvalue weighted by Gasteiger charge is -2.35. The quantitative estimate of drug-likeness (QED) is 0.863. The minimum absolute atomic E-state index is 0.00930. The van der Waals surface area contributed by atoms with Gasteiger partial charge in [0.15, 0.2) is 6.61 Å². The van der Waals surface area contributed by atoms with Gasteiger partial charge >= 0.3 is 0 Å². The molecule has 1 aromatic carbocycles. The normalized spacial score (nSPS) is 21.8. The fraction of sp³-hybridized carbons (Fsp3) is 0.529. The molecule has 1 aliphatic heterocycles. The van der Waals surface area contributed by atoms with Crippen molar-refractivity contribution in [1.82, 2.24) is 25.1 Å². The molecular weight excluding hydrogens is 322 g/mol. The van der Waals surface area contributed by atoms with Crippen LogP contribution in [0, 0.1) is 5.92 Å².